The third-order valence-electron chi connectivity index (χ3n) is 5.14. The largest absolute Gasteiger partial charge is 0.575 e. The van der Waals surface area contributed by atoms with E-state index in [-0.39, 0.29) is 19.3 Å². The summed E-state index contributed by atoms with van der Waals surface area (Å²) in [5, 5.41) is 8.56. The maximum atomic E-state index is 12.4. The minimum absolute atomic E-state index is 0.00668. The Kier molecular flexibility index (Phi) is 28.9. The molecule has 26 heteroatoms. The number of rotatable bonds is 33. The van der Waals surface area contributed by atoms with Crippen molar-refractivity contribution in [1.82, 2.24) is 0 Å². The van der Waals surface area contributed by atoms with E-state index in [4.69, 9.17) is 42.4 Å². The Bertz CT molecular complexity index is 943. The molecule has 17 nitrogen and oxygen atoms in total. The number of aliphatic hydroxyl groups is 1. The van der Waals surface area contributed by atoms with Crippen LogP contribution < -0.4 is 0 Å². The molecule has 0 fully saturated rings. The normalized spacial score (nSPS) is 12.2. The van der Waals surface area contributed by atoms with E-state index in [0.717, 1.165) is 0 Å². The summed E-state index contributed by atoms with van der Waals surface area (Å²) in [6.45, 7) is 6.93. The van der Waals surface area contributed by atoms with E-state index in [9.17, 15) is 35.7 Å². The summed E-state index contributed by atoms with van der Waals surface area (Å²) in [6.07, 6.45) is 0.408. The summed E-state index contributed by atoms with van der Waals surface area (Å²) in [5.41, 5.74) is 0. The van der Waals surface area contributed by atoms with E-state index in [2.05, 4.69) is 0 Å². The van der Waals surface area contributed by atoms with Crippen LogP contribution in [-0.4, -0.2) is 177 Å². The molecule has 0 radical (unpaired) electrons. The molecule has 250 valence electrons. The zero-order valence-corrected chi connectivity index (χ0v) is 34.0. The Morgan fingerprint density at radius 2 is 0.909 bits per heavy atom. The molecule has 44 heavy (non-hydrogen) atoms. The summed E-state index contributed by atoms with van der Waals surface area (Å²) in [5.74, 6) is 0. The van der Waals surface area contributed by atoms with E-state index in [1.165, 1.54) is 6.55 Å². The average molecular weight is 781 g/mol. The van der Waals surface area contributed by atoms with E-state index in [1.807, 2.05) is 0 Å². The van der Waals surface area contributed by atoms with Gasteiger partial charge in [-0.15, -0.1) is 0 Å². The number of aliphatic hydroxyl groups excluding tert-OH is 1. The monoisotopic (exact) mass is 780 g/mol. The van der Waals surface area contributed by atoms with Crippen molar-refractivity contribution in [3.63, 3.8) is 0 Å². The third-order valence-corrected chi connectivity index (χ3v) is 52.1. The molecule has 0 aromatic heterocycles. The van der Waals surface area contributed by atoms with Gasteiger partial charge in [0.1, 0.15) is 0 Å². The second kappa shape index (κ2) is 29.0. The lowest BCUT2D eigenvalue weighted by Gasteiger charge is -2.20. The first-order chi connectivity index (χ1) is 21.1. The Morgan fingerprint density at radius 1 is 0.545 bits per heavy atom. The SMILES string of the molecule is C[Si](CCCOCCOCCOCCOCCOCCOCCOCCO)(O[Si](=O)[Si](=O)[Si](=O)[Si](=O)[Si](=O)[Si](=O)[SiH]=O)[SiH]=O. The lowest BCUT2D eigenvalue weighted by atomic mass is 10.5. The van der Waals surface area contributed by atoms with Gasteiger partial charge in [-0.2, -0.15) is 0 Å². The topological polar surface area (TPSA) is 231 Å². The molecule has 1 atom stereocenters. The summed E-state index contributed by atoms with van der Waals surface area (Å²) in [4.78, 5) is 0. The van der Waals surface area contributed by atoms with Crippen LogP contribution in [0, 0.1) is 0 Å². The van der Waals surface area contributed by atoms with Gasteiger partial charge >= 0.3 is 56.0 Å². The van der Waals surface area contributed by atoms with Gasteiger partial charge in [0, 0.05) is 6.61 Å². The van der Waals surface area contributed by atoms with Gasteiger partial charge in [0.25, 0.3) is 16.8 Å². The zero-order valence-electron chi connectivity index (χ0n) is 24.7. The van der Waals surface area contributed by atoms with Crippen LogP contribution in [0.25, 0.3) is 0 Å². The standard InChI is InChI=1S/C18H40O17Si9/c1-44(37-21,35-38(22)40(24)42(26)43(27)41(25)39(23)36-20)18-2-4-28-6-8-30-10-12-32-14-16-34-17-15-33-13-11-31-9-7-29-5-3-19/h19,36-37H,2-18H2,1H3. The first-order valence-electron chi connectivity index (χ1n) is 13.6. The Labute approximate surface area is 268 Å². The molecule has 0 aromatic rings. The van der Waals surface area contributed by atoms with Crippen LogP contribution in [0.5, 0.6) is 0 Å². The lowest BCUT2D eigenvalue weighted by Crippen LogP contribution is -2.51. The van der Waals surface area contributed by atoms with Gasteiger partial charge in [0.15, 0.2) is 0 Å². The summed E-state index contributed by atoms with van der Waals surface area (Å²) in [6, 6.07) is 0.261. The molecule has 0 aliphatic rings. The fourth-order valence-corrected chi connectivity index (χ4v) is 60.4. The molecule has 0 aromatic carbocycles. The maximum Gasteiger partial charge on any atom is 0.532 e. The summed E-state index contributed by atoms with van der Waals surface area (Å²) >= 11 is 0. The van der Waals surface area contributed by atoms with Gasteiger partial charge in [-0.05, 0) is 19.0 Å². The van der Waals surface area contributed by atoms with Crippen molar-refractivity contribution in [2.24, 2.45) is 0 Å². The van der Waals surface area contributed by atoms with Crippen molar-refractivity contribution < 1.29 is 78.1 Å². The van der Waals surface area contributed by atoms with E-state index >= 15 is 0 Å². The molecule has 1 unspecified atom stereocenters. The molecule has 1 N–H and O–H groups in total. The smallest absolute Gasteiger partial charge is 0.532 e. The Hall–Kier alpha value is -0.168. The van der Waals surface area contributed by atoms with Crippen molar-refractivity contribution in [3.05, 3.63) is 0 Å². The van der Waals surface area contributed by atoms with Crippen molar-refractivity contribution in [2.45, 2.75) is 19.0 Å². The molecule has 0 rings (SSSR count). The number of ether oxygens (including phenoxy) is 7. The second-order valence-electron chi connectivity index (χ2n) is 8.73. The van der Waals surface area contributed by atoms with E-state index in [1.54, 1.807) is 0 Å². The second-order valence-corrected chi connectivity index (χ2v) is 45.1. The van der Waals surface area contributed by atoms with E-state index < -0.39 is 72.7 Å². The highest BCUT2D eigenvalue weighted by Crippen LogP contribution is 2.11. The van der Waals surface area contributed by atoms with Gasteiger partial charge < -0.3 is 78.1 Å². The quantitative estimate of drug-likeness (QED) is 0.0495. The van der Waals surface area contributed by atoms with Crippen LogP contribution in [0.2, 0.25) is 12.6 Å². The van der Waals surface area contributed by atoms with Crippen molar-refractivity contribution >= 4 is 72.7 Å². The molecule has 0 saturated carbocycles. The van der Waals surface area contributed by atoms with Crippen LogP contribution in [-0.2, 0) is 73.0 Å². The third kappa shape index (κ3) is 22.4. The molecule has 0 saturated heterocycles. The van der Waals surface area contributed by atoms with Gasteiger partial charge in [-0.25, -0.2) is 0 Å². The summed E-state index contributed by atoms with van der Waals surface area (Å²) in [7, 11) is -27.2. The number of hydrogen-bond acceptors (Lipinski definition) is 17. The predicted octanol–water partition coefficient (Wildman–Crippen LogP) is -3.94. The van der Waals surface area contributed by atoms with Crippen LogP contribution in [0.1, 0.15) is 6.42 Å². The average Bonchev–Trinajstić information content (AvgIpc) is 3.03. The first-order valence-corrected chi connectivity index (χ1v) is 34.2. The van der Waals surface area contributed by atoms with E-state index in [0.29, 0.717) is 92.3 Å². The minimum atomic E-state index is -3.59. The van der Waals surface area contributed by atoms with Crippen LogP contribution in [0.15, 0.2) is 0 Å². The molecule has 0 aliphatic heterocycles. The number of hydrogen-bond donors (Lipinski definition) is 1. The minimum Gasteiger partial charge on any atom is -0.575 e. The zero-order chi connectivity index (χ0) is 33.1. The Morgan fingerprint density at radius 3 is 1.27 bits per heavy atom. The van der Waals surface area contributed by atoms with Gasteiger partial charge in [-0.1, -0.05) is 0 Å². The highest BCUT2D eigenvalue weighted by atomic mass is 30.0. The first kappa shape index (κ1) is 43.8. The molecule has 0 bridgehead atoms. The van der Waals surface area contributed by atoms with Crippen LogP contribution >= 0.6 is 0 Å². The molecule has 0 aliphatic carbocycles. The highest BCUT2D eigenvalue weighted by molar-refractivity contribution is 7.69. The van der Waals surface area contributed by atoms with Gasteiger partial charge in [-0.3, -0.25) is 0 Å². The van der Waals surface area contributed by atoms with Crippen molar-refractivity contribution in [1.29, 1.82) is 0 Å². The summed E-state index contributed by atoms with van der Waals surface area (Å²) < 4.78 is 137. The molecule has 0 heterocycles. The fourth-order valence-electron chi connectivity index (χ4n) is 2.87. The van der Waals surface area contributed by atoms with Gasteiger partial charge in [0.05, 0.1) is 92.5 Å². The Balaban J connectivity index is 3.78. The maximum absolute atomic E-state index is 12.4. The molecule has 0 spiro atoms. The van der Waals surface area contributed by atoms with Crippen LogP contribution in [0.3, 0.4) is 0 Å². The van der Waals surface area contributed by atoms with Crippen molar-refractivity contribution in [2.75, 3.05) is 99.1 Å². The molecule has 0 amide bonds. The van der Waals surface area contributed by atoms with Gasteiger partial charge in [0.2, 0.25) is 0 Å². The predicted molar refractivity (Wildman–Crippen MR) is 159 cm³/mol. The fraction of sp³-hybridized carbons (Fsp3) is 1.00. The van der Waals surface area contributed by atoms with Crippen LogP contribution in [0.4, 0.5) is 0 Å². The highest BCUT2D eigenvalue weighted by Gasteiger charge is 2.48. The molecular formula is C18H40O17Si9. The molecular weight excluding hydrogens is 741 g/mol. The lowest BCUT2D eigenvalue weighted by molar-refractivity contribution is -0.0214. The van der Waals surface area contributed by atoms with Crippen molar-refractivity contribution in [3.8, 4) is 0 Å².